The molecule has 0 unspecified atom stereocenters. The molecule has 0 radical (unpaired) electrons. The second-order valence-corrected chi connectivity index (χ2v) is 8.48. The Hall–Kier alpha value is -2.38. The number of rotatable bonds is 2. The van der Waals surface area contributed by atoms with E-state index in [0.717, 1.165) is 31.7 Å². The van der Waals surface area contributed by atoms with Crippen LogP contribution in [0.1, 0.15) is 26.3 Å². The predicted molar refractivity (Wildman–Crippen MR) is 107 cm³/mol. The number of ether oxygens (including phenoxy) is 1. The minimum Gasteiger partial charge on any atom is -0.507 e. The Morgan fingerprint density at radius 1 is 1.36 bits per heavy atom. The molecule has 0 spiro atoms. The molecule has 1 fully saturated rings. The van der Waals surface area contributed by atoms with Gasteiger partial charge in [0.15, 0.2) is 0 Å². The molecule has 4 rings (SSSR count). The van der Waals surface area contributed by atoms with E-state index < -0.39 is 5.82 Å². The van der Waals surface area contributed by atoms with Crippen LogP contribution in [0.2, 0.25) is 0 Å². The van der Waals surface area contributed by atoms with Crippen molar-refractivity contribution in [2.75, 3.05) is 31.6 Å². The first-order valence-corrected chi connectivity index (χ1v) is 9.69. The molecule has 0 amide bonds. The summed E-state index contributed by atoms with van der Waals surface area (Å²) in [5.41, 5.74) is 1.19. The van der Waals surface area contributed by atoms with Gasteiger partial charge in [0.2, 0.25) is 0 Å². The van der Waals surface area contributed by atoms with Crippen molar-refractivity contribution in [1.29, 1.82) is 0 Å². The van der Waals surface area contributed by atoms with Crippen molar-refractivity contribution in [3.63, 3.8) is 0 Å². The maximum absolute atomic E-state index is 14.5. The molecule has 1 atom stereocenters. The number of phenolic OH excluding ortho intramolecular Hbond substituents is 1. The number of hydrogen-bond acceptors (Lipinski definition) is 6. The standard InChI is InChI=1S/C21H27FN4O2/c1-21(2,3)25-20-14-11-26-8-7-23-10-13(26)12-28-18(14)9-16(24-20)19-15(22)5-4-6-17(19)27/h4-6,9,13,23,27H,7-8,10-12H2,1-3H3,(H,24,25)/t13-/m1/s1. The molecule has 7 heteroatoms. The number of hydrogen-bond donors (Lipinski definition) is 3. The summed E-state index contributed by atoms with van der Waals surface area (Å²) in [5, 5.41) is 17.1. The molecule has 3 heterocycles. The number of fused-ring (bicyclic) bond motifs is 2. The van der Waals surface area contributed by atoms with Crippen LogP contribution >= 0.6 is 0 Å². The first-order valence-electron chi connectivity index (χ1n) is 9.69. The van der Waals surface area contributed by atoms with Crippen molar-refractivity contribution in [1.82, 2.24) is 15.2 Å². The van der Waals surface area contributed by atoms with Crippen LogP contribution in [-0.2, 0) is 6.54 Å². The molecule has 0 saturated carbocycles. The van der Waals surface area contributed by atoms with E-state index in [2.05, 4.69) is 36.3 Å². The third-order valence-electron chi connectivity index (χ3n) is 5.09. The van der Waals surface area contributed by atoms with Gasteiger partial charge in [-0.3, -0.25) is 4.90 Å². The first kappa shape index (κ1) is 19.0. The summed E-state index contributed by atoms with van der Waals surface area (Å²) < 4.78 is 20.6. The smallest absolute Gasteiger partial charge is 0.136 e. The van der Waals surface area contributed by atoms with E-state index in [1.54, 1.807) is 6.07 Å². The maximum atomic E-state index is 14.5. The Kier molecular flexibility index (Phi) is 4.89. The zero-order chi connectivity index (χ0) is 19.9. The molecule has 1 saturated heterocycles. The molecule has 2 aliphatic heterocycles. The van der Waals surface area contributed by atoms with Gasteiger partial charge in [-0.25, -0.2) is 9.37 Å². The van der Waals surface area contributed by atoms with Gasteiger partial charge in [0.05, 0.1) is 22.9 Å². The first-order chi connectivity index (χ1) is 13.3. The van der Waals surface area contributed by atoms with Crippen LogP contribution in [0.3, 0.4) is 0 Å². The molecule has 6 nitrogen and oxygen atoms in total. The molecule has 2 aromatic rings. The highest BCUT2D eigenvalue weighted by Gasteiger charge is 2.30. The minimum absolute atomic E-state index is 0.0921. The van der Waals surface area contributed by atoms with Crippen LogP contribution in [-0.4, -0.2) is 52.8 Å². The summed E-state index contributed by atoms with van der Waals surface area (Å²) in [6.07, 6.45) is 0. The van der Waals surface area contributed by atoms with E-state index in [4.69, 9.17) is 9.72 Å². The Balaban J connectivity index is 1.83. The third kappa shape index (κ3) is 3.77. The molecular formula is C21H27FN4O2. The molecule has 1 aromatic heterocycles. The summed E-state index contributed by atoms with van der Waals surface area (Å²) in [4.78, 5) is 7.11. The van der Waals surface area contributed by atoms with Gasteiger partial charge >= 0.3 is 0 Å². The van der Waals surface area contributed by atoms with E-state index in [-0.39, 0.29) is 22.9 Å². The second-order valence-electron chi connectivity index (χ2n) is 8.48. The fourth-order valence-corrected chi connectivity index (χ4v) is 3.75. The average Bonchev–Trinajstić information content (AvgIpc) is 2.80. The highest BCUT2D eigenvalue weighted by molar-refractivity contribution is 5.72. The molecule has 3 N–H and O–H groups in total. The number of pyridine rings is 1. The number of phenols is 1. The summed E-state index contributed by atoms with van der Waals surface area (Å²) in [7, 11) is 0. The SMILES string of the molecule is CC(C)(C)Nc1nc(-c2c(O)cccc2F)cc2c1CN1CCNC[C@@H]1CO2. The Bertz CT molecular complexity index is 861. The number of halogens is 1. The minimum atomic E-state index is -0.510. The van der Waals surface area contributed by atoms with Crippen LogP contribution in [0.25, 0.3) is 11.3 Å². The summed E-state index contributed by atoms with van der Waals surface area (Å²) in [6, 6.07) is 6.30. The molecule has 28 heavy (non-hydrogen) atoms. The van der Waals surface area contributed by atoms with Gasteiger partial charge < -0.3 is 20.5 Å². The summed E-state index contributed by atoms with van der Waals surface area (Å²) in [6.45, 7) is 10.2. The van der Waals surface area contributed by atoms with E-state index >= 15 is 0 Å². The lowest BCUT2D eigenvalue weighted by Gasteiger charge is -2.34. The number of piperazine rings is 1. The Morgan fingerprint density at radius 3 is 2.93 bits per heavy atom. The number of aromatic nitrogens is 1. The third-order valence-corrected chi connectivity index (χ3v) is 5.09. The average molecular weight is 386 g/mol. The van der Waals surface area contributed by atoms with Crippen molar-refractivity contribution in [3.8, 4) is 22.8 Å². The normalized spacial score (nSPS) is 19.9. The molecule has 2 aliphatic rings. The molecule has 150 valence electrons. The predicted octanol–water partition coefficient (Wildman–Crippen LogP) is 2.97. The monoisotopic (exact) mass is 386 g/mol. The van der Waals surface area contributed by atoms with Crippen LogP contribution in [0.15, 0.2) is 24.3 Å². The zero-order valence-corrected chi connectivity index (χ0v) is 16.6. The molecule has 1 aromatic carbocycles. The van der Waals surface area contributed by atoms with Gasteiger partial charge in [-0.15, -0.1) is 0 Å². The topological polar surface area (TPSA) is 69.7 Å². The van der Waals surface area contributed by atoms with Gasteiger partial charge in [0.25, 0.3) is 0 Å². The maximum Gasteiger partial charge on any atom is 0.136 e. The van der Waals surface area contributed by atoms with Gasteiger partial charge in [0, 0.05) is 37.8 Å². The number of nitrogens with one attached hydrogen (secondary N) is 2. The second kappa shape index (κ2) is 7.22. The zero-order valence-electron chi connectivity index (χ0n) is 16.6. The van der Waals surface area contributed by atoms with Crippen molar-refractivity contribution in [2.24, 2.45) is 0 Å². The van der Waals surface area contributed by atoms with Gasteiger partial charge in [-0.05, 0) is 32.9 Å². The lowest BCUT2D eigenvalue weighted by molar-refractivity contribution is 0.120. The fraction of sp³-hybridized carbons (Fsp3) is 0.476. The molecule has 0 aliphatic carbocycles. The number of anilines is 1. The number of aromatic hydroxyl groups is 1. The number of benzene rings is 1. The lowest BCUT2D eigenvalue weighted by atomic mass is 10.0. The number of nitrogens with zero attached hydrogens (tertiary/aromatic N) is 2. The highest BCUT2D eigenvalue weighted by Crippen LogP contribution is 2.38. The van der Waals surface area contributed by atoms with E-state index in [9.17, 15) is 9.50 Å². The van der Waals surface area contributed by atoms with Crippen LogP contribution in [0.5, 0.6) is 11.5 Å². The lowest BCUT2D eigenvalue weighted by Crippen LogP contribution is -2.52. The van der Waals surface area contributed by atoms with Crippen LogP contribution in [0.4, 0.5) is 10.2 Å². The fourth-order valence-electron chi connectivity index (χ4n) is 3.75. The van der Waals surface area contributed by atoms with Crippen molar-refractivity contribution < 1.29 is 14.2 Å². The van der Waals surface area contributed by atoms with E-state index in [1.807, 2.05) is 0 Å². The largest absolute Gasteiger partial charge is 0.507 e. The van der Waals surface area contributed by atoms with Gasteiger partial charge in [-0.1, -0.05) is 6.07 Å². The van der Waals surface area contributed by atoms with Crippen LogP contribution < -0.4 is 15.4 Å². The van der Waals surface area contributed by atoms with E-state index in [1.165, 1.54) is 18.2 Å². The van der Waals surface area contributed by atoms with Gasteiger partial charge in [0.1, 0.15) is 29.7 Å². The van der Waals surface area contributed by atoms with Crippen LogP contribution in [0, 0.1) is 5.82 Å². The summed E-state index contributed by atoms with van der Waals surface area (Å²) in [5.74, 6) is 0.712. The summed E-state index contributed by atoms with van der Waals surface area (Å²) >= 11 is 0. The Labute approximate surface area is 164 Å². The molecule has 0 bridgehead atoms. The Morgan fingerprint density at radius 2 is 2.18 bits per heavy atom. The molecular weight excluding hydrogens is 359 g/mol. The quantitative estimate of drug-likeness (QED) is 0.737. The van der Waals surface area contributed by atoms with Crippen molar-refractivity contribution in [2.45, 2.75) is 38.9 Å². The van der Waals surface area contributed by atoms with Crippen molar-refractivity contribution >= 4 is 5.82 Å². The van der Waals surface area contributed by atoms with E-state index in [0.29, 0.717) is 23.9 Å². The highest BCUT2D eigenvalue weighted by atomic mass is 19.1. The van der Waals surface area contributed by atoms with Crippen molar-refractivity contribution in [3.05, 3.63) is 35.6 Å². The van der Waals surface area contributed by atoms with Gasteiger partial charge in [-0.2, -0.15) is 0 Å².